The fraction of sp³-hybridized carbons (Fsp3) is 0.214. The average molecular weight is 796 g/mol. The summed E-state index contributed by atoms with van der Waals surface area (Å²) in [5, 5.41) is 2.34. The van der Waals surface area contributed by atoms with Crippen LogP contribution in [0.3, 0.4) is 0 Å². The molecule has 0 N–H and O–H groups in total. The summed E-state index contributed by atoms with van der Waals surface area (Å²) in [5.74, 6) is 3.23. The van der Waals surface area contributed by atoms with Gasteiger partial charge in [-0.25, -0.2) is 9.97 Å². The van der Waals surface area contributed by atoms with Gasteiger partial charge in [-0.3, -0.25) is 9.13 Å². The number of fused-ring (bicyclic) bond motifs is 5. The molecule has 302 valence electrons. The smallest absolute Gasteiger partial charge is 0.145 e. The van der Waals surface area contributed by atoms with Crippen LogP contribution < -0.4 is 0 Å². The Labute approximate surface area is 359 Å². The maximum Gasteiger partial charge on any atom is 0.145 e. The molecular weight excluding hydrogens is 743 g/mol. The second kappa shape index (κ2) is 15.1. The van der Waals surface area contributed by atoms with Gasteiger partial charge in [0.05, 0.1) is 44.5 Å². The molecule has 0 amide bonds. The standard InChI is InChI=1S/C56H53N5/c1-34(2)41-20-16-21-42(35(3)4)53(41)60-51-26-14-12-24-47(51)57-55(60)38-28-30-49-45(32-38)46-33-39(29-31-50(46)59(49)40-18-10-9-11-19-40)56-58-48-25-13-15-27-52(48)61(56)54-43(36(5)6)22-17-23-44(54)37(7)8/h9-37H,1-8H3. The molecule has 61 heavy (non-hydrogen) atoms. The Balaban J connectivity index is 1.27. The third kappa shape index (κ3) is 6.29. The van der Waals surface area contributed by atoms with E-state index in [9.17, 15) is 0 Å². The van der Waals surface area contributed by atoms with E-state index < -0.39 is 0 Å². The van der Waals surface area contributed by atoms with Crippen molar-refractivity contribution in [3.05, 3.63) is 174 Å². The predicted octanol–water partition coefficient (Wildman–Crippen LogP) is 15.3. The van der Waals surface area contributed by atoms with E-state index in [0.29, 0.717) is 23.7 Å². The van der Waals surface area contributed by atoms with E-state index in [-0.39, 0.29) is 0 Å². The Kier molecular flexibility index (Phi) is 9.51. The largest absolute Gasteiger partial charge is 0.309 e. The molecule has 0 aliphatic rings. The van der Waals surface area contributed by atoms with Gasteiger partial charge in [-0.15, -0.1) is 0 Å². The normalized spacial score (nSPS) is 12.2. The Morgan fingerprint density at radius 1 is 0.344 bits per heavy atom. The Hall–Kier alpha value is -6.72. The monoisotopic (exact) mass is 795 g/mol. The Morgan fingerprint density at radius 3 is 1.11 bits per heavy atom. The van der Waals surface area contributed by atoms with E-state index in [1.165, 1.54) is 44.4 Å². The van der Waals surface area contributed by atoms with Crippen molar-refractivity contribution in [2.24, 2.45) is 0 Å². The molecule has 0 saturated heterocycles. The van der Waals surface area contributed by atoms with Gasteiger partial charge in [0.15, 0.2) is 0 Å². The minimum Gasteiger partial charge on any atom is -0.309 e. The van der Waals surface area contributed by atoms with Gasteiger partial charge >= 0.3 is 0 Å². The van der Waals surface area contributed by atoms with Crippen LogP contribution in [-0.4, -0.2) is 23.7 Å². The molecule has 0 bridgehead atoms. The first-order chi connectivity index (χ1) is 29.6. The van der Waals surface area contributed by atoms with E-state index in [2.05, 4.69) is 221 Å². The summed E-state index contributed by atoms with van der Waals surface area (Å²) in [6.07, 6.45) is 0. The number of benzene rings is 7. The number of nitrogens with zero attached hydrogens (tertiary/aromatic N) is 5. The molecule has 0 radical (unpaired) electrons. The van der Waals surface area contributed by atoms with Crippen LogP contribution in [0.15, 0.2) is 152 Å². The lowest BCUT2D eigenvalue weighted by Gasteiger charge is -2.22. The molecule has 3 aromatic heterocycles. The van der Waals surface area contributed by atoms with Crippen LogP contribution in [0.4, 0.5) is 0 Å². The predicted molar refractivity (Wildman–Crippen MR) is 257 cm³/mol. The van der Waals surface area contributed by atoms with Gasteiger partial charge in [-0.2, -0.15) is 0 Å². The van der Waals surface area contributed by atoms with Gasteiger partial charge in [0.1, 0.15) is 11.6 Å². The first kappa shape index (κ1) is 38.5. The van der Waals surface area contributed by atoms with Crippen LogP contribution >= 0.6 is 0 Å². The highest BCUT2D eigenvalue weighted by Gasteiger charge is 2.25. The molecule has 0 spiro atoms. The molecule has 0 unspecified atom stereocenters. The zero-order valence-corrected chi connectivity index (χ0v) is 36.5. The quantitative estimate of drug-likeness (QED) is 0.146. The van der Waals surface area contributed by atoms with Gasteiger partial charge in [-0.05, 0) is 119 Å². The van der Waals surface area contributed by atoms with Crippen molar-refractivity contribution in [2.45, 2.75) is 79.1 Å². The molecular formula is C56H53N5. The number of hydrogen-bond acceptors (Lipinski definition) is 2. The van der Waals surface area contributed by atoms with Crippen LogP contribution in [0.5, 0.6) is 0 Å². The number of hydrogen-bond donors (Lipinski definition) is 0. The van der Waals surface area contributed by atoms with Crippen molar-refractivity contribution in [3.8, 4) is 39.8 Å². The lowest BCUT2D eigenvalue weighted by Crippen LogP contribution is -2.08. The summed E-state index contributed by atoms with van der Waals surface area (Å²) >= 11 is 0. The highest BCUT2D eigenvalue weighted by molar-refractivity contribution is 6.11. The fourth-order valence-electron chi connectivity index (χ4n) is 9.59. The Bertz CT molecular complexity index is 3010. The molecule has 10 aromatic rings. The van der Waals surface area contributed by atoms with Gasteiger partial charge < -0.3 is 4.57 Å². The van der Waals surface area contributed by atoms with Gasteiger partial charge in [0, 0.05) is 27.6 Å². The van der Waals surface area contributed by atoms with E-state index >= 15 is 0 Å². The van der Waals surface area contributed by atoms with Crippen molar-refractivity contribution >= 4 is 43.9 Å². The van der Waals surface area contributed by atoms with E-state index in [1.54, 1.807) is 0 Å². The van der Waals surface area contributed by atoms with Crippen LogP contribution in [0.2, 0.25) is 0 Å². The average Bonchev–Trinajstić information content (AvgIpc) is 3.95. The van der Waals surface area contributed by atoms with Crippen molar-refractivity contribution in [1.29, 1.82) is 0 Å². The highest BCUT2D eigenvalue weighted by Crippen LogP contribution is 2.42. The summed E-state index contributed by atoms with van der Waals surface area (Å²) in [6, 6.07) is 55.4. The summed E-state index contributed by atoms with van der Waals surface area (Å²) in [4.78, 5) is 10.9. The first-order valence-electron chi connectivity index (χ1n) is 22.0. The van der Waals surface area contributed by atoms with Crippen LogP contribution in [0, 0.1) is 0 Å². The molecule has 0 aliphatic heterocycles. The molecule has 0 fully saturated rings. The molecule has 10 rings (SSSR count). The summed E-state index contributed by atoms with van der Waals surface area (Å²) < 4.78 is 7.27. The molecule has 5 heteroatoms. The van der Waals surface area contributed by atoms with Crippen LogP contribution in [-0.2, 0) is 0 Å². The number of aromatic nitrogens is 5. The minimum absolute atomic E-state index is 0.334. The third-order valence-electron chi connectivity index (χ3n) is 12.5. The van der Waals surface area contributed by atoms with E-state index in [1.807, 2.05) is 0 Å². The van der Waals surface area contributed by atoms with Gasteiger partial charge in [0.25, 0.3) is 0 Å². The lowest BCUT2D eigenvalue weighted by molar-refractivity contribution is 0.811. The third-order valence-corrected chi connectivity index (χ3v) is 12.5. The van der Waals surface area contributed by atoms with Crippen molar-refractivity contribution in [3.63, 3.8) is 0 Å². The maximum atomic E-state index is 5.43. The molecule has 0 aliphatic carbocycles. The first-order valence-corrected chi connectivity index (χ1v) is 22.0. The molecule has 5 nitrogen and oxygen atoms in total. The lowest BCUT2D eigenvalue weighted by atomic mass is 9.92. The zero-order chi connectivity index (χ0) is 42.1. The van der Waals surface area contributed by atoms with Gasteiger partial charge in [-0.1, -0.05) is 134 Å². The van der Waals surface area contributed by atoms with Gasteiger partial charge in [0.2, 0.25) is 0 Å². The van der Waals surface area contributed by atoms with E-state index in [0.717, 1.165) is 61.6 Å². The number of rotatable bonds is 9. The van der Waals surface area contributed by atoms with Crippen molar-refractivity contribution < 1.29 is 0 Å². The topological polar surface area (TPSA) is 40.6 Å². The minimum atomic E-state index is 0.334. The van der Waals surface area contributed by atoms with E-state index in [4.69, 9.17) is 9.97 Å². The number of imidazole rings is 2. The van der Waals surface area contributed by atoms with Crippen LogP contribution in [0.1, 0.15) is 101 Å². The summed E-state index contributed by atoms with van der Waals surface area (Å²) in [7, 11) is 0. The second-order valence-corrected chi connectivity index (χ2v) is 17.8. The SMILES string of the molecule is CC(C)c1cccc(C(C)C)c1-n1c(-c2ccc3c(c2)c2cc(-c4nc5ccccc5n4-c4c(C(C)C)cccc4C(C)C)ccc2n3-c2ccccc2)nc2ccccc21. The number of para-hydroxylation sites is 7. The zero-order valence-electron chi connectivity index (χ0n) is 36.5. The maximum absolute atomic E-state index is 5.43. The second-order valence-electron chi connectivity index (χ2n) is 17.8. The van der Waals surface area contributed by atoms with Crippen molar-refractivity contribution in [1.82, 2.24) is 23.7 Å². The Morgan fingerprint density at radius 2 is 0.721 bits per heavy atom. The molecule has 0 atom stereocenters. The molecule has 7 aromatic carbocycles. The fourth-order valence-corrected chi connectivity index (χ4v) is 9.59. The molecule has 0 saturated carbocycles. The van der Waals surface area contributed by atoms with Crippen LogP contribution in [0.25, 0.3) is 83.7 Å². The highest BCUT2D eigenvalue weighted by atomic mass is 15.1. The van der Waals surface area contributed by atoms with Crippen molar-refractivity contribution in [2.75, 3.05) is 0 Å². The summed E-state index contributed by atoms with van der Waals surface area (Å²) in [6.45, 7) is 18.4. The summed E-state index contributed by atoms with van der Waals surface area (Å²) in [5.41, 5.74) is 17.6. The molecule has 3 heterocycles.